The Morgan fingerprint density at radius 1 is 1.21 bits per heavy atom. The van der Waals surface area contributed by atoms with Gasteiger partial charge in [-0.2, -0.15) is 0 Å². The van der Waals surface area contributed by atoms with Gasteiger partial charge in [-0.15, -0.1) is 0 Å². The molecule has 3 rings (SSSR count). The SMILES string of the molecule is CCOc1ccc(C(c2cccc(Cl)c2)N2CCCCC2C(=O)O)cc1OC. The van der Waals surface area contributed by atoms with Crippen molar-refractivity contribution in [3.63, 3.8) is 0 Å². The van der Waals surface area contributed by atoms with Gasteiger partial charge in [0.05, 0.1) is 19.8 Å². The molecule has 2 atom stereocenters. The zero-order valence-corrected chi connectivity index (χ0v) is 17.0. The van der Waals surface area contributed by atoms with E-state index in [-0.39, 0.29) is 6.04 Å². The van der Waals surface area contributed by atoms with Gasteiger partial charge >= 0.3 is 5.97 Å². The van der Waals surface area contributed by atoms with E-state index >= 15 is 0 Å². The first-order valence-electron chi connectivity index (χ1n) is 9.60. The molecule has 1 heterocycles. The van der Waals surface area contributed by atoms with Crippen LogP contribution in [0.1, 0.15) is 43.4 Å². The summed E-state index contributed by atoms with van der Waals surface area (Å²) in [6.07, 6.45) is 2.53. The molecule has 150 valence electrons. The van der Waals surface area contributed by atoms with E-state index in [0.717, 1.165) is 24.0 Å². The number of carboxylic acids is 1. The summed E-state index contributed by atoms with van der Waals surface area (Å²) in [7, 11) is 1.61. The van der Waals surface area contributed by atoms with Crippen LogP contribution in [0.5, 0.6) is 11.5 Å². The van der Waals surface area contributed by atoms with E-state index in [2.05, 4.69) is 4.90 Å². The molecule has 0 bridgehead atoms. The van der Waals surface area contributed by atoms with Crippen molar-refractivity contribution in [2.45, 2.75) is 38.3 Å². The molecule has 0 spiro atoms. The van der Waals surface area contributed by atoms with E-state index in [0.29, 0.717) is 36.1 Å². The third-order valence-electron chi connectivity index (χ3n) is 5.13. The highest BCUT2D eigenvalue weighted by Crippen LogP contribution is 2.38. The van der Waals surface area contributed by atoms with Gasteiger partial charge in [-0.25, -0.2) is 0 Å². The second kappa shape index (κ2) is 9.30. The predicted molar refractivity (Wildman–Crippen MR) is 109 cm³/mol. The van der Waals surface area contributed by atoms with Crippen molar-refractivity contribution < 1.29 is 19.4 Å². The number of rotatable bonds is 7. The first kappa shape index (κ1) is 20.5. The predicted octanol–water partition coefficient (Wildman–Crippen LogP) is 4.78. The maximum atomic E-state index is 11.9. The summed E-state index contributed by atoms with van der Waals surface area (Å²) in [6, 6.07) is 12.7. The minimum absolute atomic E-state index is 0.232. The van der Waals surface area contributed by atoms with Crippen molar-refractivity contribution in [3.8, 4) is 11.5 Å². The van der Waals surface area contributed by atoms with E-state index < -0.39 is 12.0 Å². The second-order valence-electron chi connectivity index (χ2n) is 6.89. The molecule has 1 N–H and O–H groups in total. The molecule has 0 radical (unpaired) electrons. The number of methoxy groups -OCH3 is 1. The largest absolute Gasteiger partial charge is 0.493 e. The molecule has 2 unspecified atom stereocenters. The van der Waals surface area contributed by atoms with Gasteiger partial charge in [0, 0.05) is 5.02 Å². The molecule has 1 saturated heterocycles. The van der Waals surface area contributed by atoms with Crippen LogP contribution in [-0.2, 0) is 4.79 Å². The van der Waals surface area contributed by atoms with Gasteiger partial charge in [0.15, 0.2) is 11.5 Å². The van der Waals surface area contributed by atoms with Crippen molar-refractivity contribution >= 4 is 17.6 Å². The summed E-state index contributed by atoms with van der Waals surface area (Å²) in [6.45, 7) is 3.18. The number of carbonyl (C=O) groups is 1. The average molecular weight is 404 g/mol. The number of benzene rings is 2. The minimum atomic E-state index is -0.787. The van der Waals surface area contributed by atoms with Crippen LogP contribution in [0, 0.1) is 0 Å². The van der Waals surface area contributed by atoms with Crippen molar-refractivity contribution in [2.75, 3.05) is 20.3 Å². The molecule has 1 aliphatic rings. The molecule has 1 fully saturated rings. The van der Waals surface area contributed by atoms with E-state index in [1.807, 2.05) is 49.4 Å². The molecule has 1 aliphatic heterocycles. The average Bonchev–Trinajstić information content (AvgIpc) is 2.69. The molecule has 2 aromatic carbocycles. The highest BCUT2D eigenvalue weighted by atomic mass is 35.5. The van der Waals surface area contributed by atoms with Crippen molar-refractivity contribution in [1.82, 2.24) is 4.90 Å². The van der Waals surface area contributed by atoms with Gasteiger partial charge in [0.2, 0.25) is 0 Å². The van der Waals surface area contributed by atoms with E-state index in [4.69, 9.17) is 21.1 Å². The molecular weight excluding hydrogens is 378 g/mol. The topological polar surface area (TPSA) is 59.0 Å². The fraction of sp³-hybridized carbons (Fsp3) is 0.409. The summed E-state index contributed by atoms with van der Waals surface area (Å²) in [5.74, 6) is 0.520. The molecule has 0 aromatic heterocycles. The van der Waals surface area contributed by atoms with Crippen LogP contribution in [0.15, 0.2) is 42.5 Å². The highest BCUT2D eigenvalue weighted by Gasteiger charge is 2.35. The number of aliphatic carboxylic acids is 1. The maximum absolute atomic E-state index is 11.9. The smallest absolute Gasteiger partial charge is 0.320 e. The molecule has 5 nitrogen and oxygen atoms in total. The lowest BCUT2D eigenvalue weighted by atomic mass is 9.91. The van der Waals surface area contributed by atoms with Crippen LogP contribution in [0.25, 0.3) is 0 Å². The van der Waals surface area contributed by atoms with Gasteiger partial charge in [0.25, 0.3) is 0 Å². The Hall–Kier alpha value is -2.24. The Kier molecular flexibility index (Phi) is 6.81. The minimum Gasteiger partial charge on any atom is -0.493 e. The number of hydrogen-bond donors (Lipinski definition) is 1. The van der Waals surface area contributed by atoms with Crippen LogP contribution in [0.2, 0.25) is 5.02 Å². The van der Waals surface area contributed by atoms with Crippen molar-refractivity contribution in [3.05, 3.63) is 58.6 Å². The Morgan fingerprint density at radius 3 is 2.68 bits per heavy atom. The number of carboxylic acid groups (broad SMARTS) is 1. The summed E-state index contributed by atoms with van der Waals surface area (Å²) >= 11 is 6.26. The number of hydrogen-bond acceptors (Lipinski definition) is 4. The fourth-order valence-electron chi connectivity index (χ4n) is 3.91. The Bertz CT molecular complexity index is 826. The highest BCUT2D eigenvalue weighted by molar-refractivity contribution is 6.30. The van der Waals surface area contributed by atoms with Crippen LogP contribution in [0.4, 0.5) is 0 Å². The number of halogens is 1. The zero-order valence-electron chi connectivity index (χ0n) is 16.2. The molecule has 0 aliphatic carbocycles. The van der Waals surface area contributed by atoms with Crippen LogP contribution in [0.3, 0.4) is 0 Å². The molecule has 2 aromatic rings. The van der Waals surface area contributed by atoms with Crippen molar-refractivity contribution in [1.29, 1.82) is 0 Å². The third-order valence-corrected chi connectivity index (χ3v) is 5.36. The Balaban J connectivity index is 2.10. The van der Waals surface area contributed by atoms with Crippen LogP contribution >= 0.6 is 11.6 Å². The van der Waals surface area contributed by atoms with Gasteiger partial charge in [-0.1, -0.05) is 36.2 Å². The van der Waals surface area contributed by atoms with Gasteiger partial charge in [0.1, 0.15) is 6.04 Å². The third kappa shape index (κ3) is 4.42. The van der Waals surface area contributed by atoms with Crippen molar-refractivity contribution in [2.24, 2.45) is 0 Å². The fourth-order valence-corrected chi connectivity index (χ4v) is 4.11. The summed E-state index contributed by atoms with van der Waals surface area (Å²) in [5, 5.41) is 10.4. The molecular formula is C22H26ClNO4. The first-order valence-corrected chi connectivity index (χ1v) is 9.97. The van der Waals surface area contributed by atoms with Crippen LogP contribution < -0.4 is 9.47 Å². The van der Waals surface area contributed by atoms with Gasteiger partial charge in [-0.05, 0) is 61.7 Å². The number of likely N-dealkylation sites (tertiary alicyclic amines) is 1. The van der Waals surface area contributed by atoms with Crippen LogP contribution in [-0.4, -0.2) is 42.3 Å². The standard InChI is InChI=1S/C22H26ClNO4/c1-3-28-19-11-10-16(14-20(19)27-2)21(15-7-6-8-17(23)13-15)24-12-5-4-9-18(24)22(25)26/h6-8,10-11,13-14,18,21H,3-5,9,12H2,1-2H3,(H,25,26). The zero-order chi connectivity index (χ0) is 20.1. The molecule has 28 heavy (non-hydrogen) atoms. The lowest BCUT2D eigenvalue weighted by Crippen LogP contribution is -2.46. The summed E-state index contributed by atoms with van der Waals surface area (Å²) in [4.78, 5) is 14.0. The molecule has 0 amide bonds. The van der Waals surface area contributed by atoms with Gasteiger partial charge in [-0.3, -0.25) is 9.69 Å². The van der Waals surface area contributed by atoms with Gasteiger partial charge < -0.3 is 14.6 Å². The quantitative estimate of drug-likeness (QED) is 0.721. The first-order chi connectivity index (χ1) is 13.5. The normalized spacial score (nSPS) is 18.5. The summed E-state index contributed by atoms with van der Waals surface area (Å²) in [5.41, 5.74) is 1.92. The maximum Gasteiger partial charge on any atom is 0.320 e. The van der Waals surface area contributed by atoms with E-state index in [9.17, 15) is 9.90 Å². The lowest BCUT2D eigenvalue weighted by Gasteiger charge is -2.39. The Labute approximate surface area is 170 Å². The lowest BCUT2D eigenvalue weighted by molar-refractivity contribution is -0.145. The summed E-state index contributed by atoms with van der Waals surface area (Å²) < 4.78 is 11.2. The number of nitrogens with zero attached hydrogens (tertiary/aromatic N) is 1. The van der Waals surface area contributed by atoms with E-state index in [1.54, 1.807) is 7.11 Å². The molecule has 0 saturated carbocycles. The molecule has 6 heteroatoms. The number of ether oxygens (including phenoxy) is 2. The van der Waals surface area contributed by atoms with E-state index in [1.165, 1.54) is 0 Å². The second-order valence-corrected chi connectivity index (χ2v) is 7.32. The number of piperidine rings is 1. The Morgan fingerprint density at radius 2 is 2.00 bits per heavy atom. The monoisotopic (exact) mass is 403 g/mol.